The van der Waals surface area contributed by atoms with Crippen LogP contribution >= 0.6 is 15.9 Å². The van der Waals surface area contributed by atoms with Gasteiger partial charge in [-0.25, -0.2) is 9.97 Å². The summed E-state index contributed by atoms with van der Waals surface area (Å²) in [4.78, 5) is 10.6. The maximum atomic E-state index is 5.42. The summed E-state index contributed by atoms with van der Waals surface area (Å²) in [5.74, 6) is 1.63. The second-order valence-electron chi connectivity index (χ2n) is 4.06. The molecule has 2 unspecified atom stereocenters. The monoisotopic (exact) mass is 316 g/mol. The number of ether oxygens (including phenoxy) is 2. The summed E-state index contributed by atoms with van der Waals surface area (Å²) < 4.78 is 11.7. The summed E-state index contributed by atoms with van der Waals surface area (Å²) in [5.41, 5.74) is 0. The lowest BCUT2D eigenvalue weighted by molar-refractivity contribution is -0.00461. The topological polar surface area (TPSA) is 59.5 Å². The number of hydrogen-bond acceptors (Lipinski definition) is 6. The number of aromatic nitrogens is 2. The van der Waals surface area contributed by atoms with Crippen molar-refractivity contribution in [3.63, 3.8) is 0 Å². The zero-order valence-corrected chi connectivity index (χ0v) is 12.3. The number of methoxy groups -OCH3 is 2. The van der Waals surface area contributed by atoms with Crippen LogP contribution in [0.3, 0.4) is 0 Å². The molecule has 2 heterocycles. The van der Waals surface area contributed by atoms with Crippen LogP contribution in [0.4, 0.5) is 11.6 Å². The molecule has 1 aliphatic heterocycles. The molecule has 100 valence electrons. The van der Waals surface area contributed by atoms with Gasteiger partial charge in [0.2, 0.25) is 0 Å². The first-order valence-corrected chi connectivity index (χ1v) is 6.49. The highest BCUT2D eigenvalue weighted by Crippen LogP contribution is 2.32. The van der Waals surface area contributed by atoms with Gasteiger partial charge in [0.05, 0.1) is 0 Å². The number of hydrogen-bond donors (Lipinski definition) is 1. The van der Waals surface area contributed by atoms with Crippen molar-refractivity contribution in [3.8, 4) is 0 Å². The first kappa shape index (κ1) is 13.5. The van der Waals surface area contributed by atoms with Crippen molar-refractivity contribution in [2.24, 2.45) is 0 Å². The quantitative estimate of drug-likeness (QED) is 0.898. The van der Waals surface area contributed by atoms with Gasteiger partial charge in [0, 0.05) is 34.4 Å². The van der Waals surface area contributed by atoms with Crippen LogP contribution in [-0.2, 0) is 9.47 Å². The number of rotatable bonds is 4. The van der Waals surface area contributed by atoms with Gasteiger partial charge in [-0.2, -0.15) is 0 Å². The standard InChI is InChI=1S/C11H17BrN4O2/c1-13-10-9(12)11(15-6-14-10)16-4-7(17-2)8(5-16)18-3/h6-8H,4-5H2,1-3H3,(H,13,14,15). The molecule has 1 saturated heterocycles. The molecule has 1 aliphatic rings. The van der Waals surface area contributed by atoms with Crippen LogP contribution < -0.4 is 10.2 Å². The first-order chi connectivity index (χ1) is 8.71. The van der Waals surface area contributed by atoms with Gasteiger partial charge in [-0.05, 0) is 15.9 Å². The maximum Gasteiger partial charge on any atom is 0.148 e. The Morgan fingerprint density at radius 2 is 1.89 bits per heavy atom. The van der Waals surface area contributed by atoms with Crippen molar-refractivity contribution in [1.82, 2.24) is 9.97 Å². The van der Waals surface area contributed by atoms with Crippen LogP contribution in [0.1, 0.15) is 0 Å². The maximum absolute atomic E-state index is 5.42. The highest BCUT2D eigenvalue weighted by Gasteiger charge is 2.34. The average Bonchev–Trinajstić information content (AvgIpc) is 2.82. The molecule has 0 saturated carbocycles. The molecule has 1 N–H and O–H groups in total. The number of halogens is 1. The molecule has 6 nitrogen and oxygen atoms in total. The van der Waals surface area contributed by atoms with Crippen LogP contribution in [0.5, 0.6) is 0 Å². The zero-order valence-electron chi connectivity index (χ0n) is 10.7. The van der Waals surface area contributed by atoms with Crippen LogP contribution in [0, 0.1) is 0 Å². The van der Waals surface area contributed by atoms with E-state index in [1.807, 2.05) is 7.05 Å². The SMILES string of the molecule is CNc1ncnc(N2CC(OC)C(OC)C2)c1Br. The molecule has 0 bridgehead atoms. The summed E-state index contributed by atoms with van der Waals surface area (Å²) in [6.07, 6.45) is 1.68. The van der Waals surface area contributed by atoms with Crippen LogP contribution in [-0.4, -0.2) is 56.5 Å². The summed E-state index contributed by atoms with van der Waals surface area (Å²) in [5, 5.41) is 3.02. The van der Waals surface area contributed by atoms with Crippen LogP contribution in [0.15, 0.2) is 10.8 Å². The largest absolute Gasteiger partial charge is 0.377 e. The van der Waals surface area contributed by atoms with Gasteiger partial charge < -0.3 is 19.7 Å². The Morgan fingerprint density at radius 1 is 1.28 bits per heavy atom. The van der Waals surface area contributed by atoms with Gasteiger partial charge in [-0.15, -0.1) is 0 Å². The number of anilines is 2. The fourth-order valence-corrected chi connectivity index (χ4v) is 2.78. The fraction of sp³-hybridized carbons (Fsp3) is 0.636. The molecule has 1 fully saturated rings. The van der Waals surface area contributed by atoms with Gasteiger partial charge in [-0.1, -0.05) is 0 Å². The van der Waals surface area contributed by atoms with Gasteiger partial charge in [0.1, 0.15) is 34.6 Å². The molecular weight excluding hydrogens is 300 g/mol. The summed E-state index contributed by atoms with van der Waals surface area (Å²) >= 11 is 3.52. The smallest absolute Gasteiger partial charge is 0.148 e. The molecule has 2 atom stereocenters. The third-order valence-electron chi connectivity index (χ3n) is 3.13. The van der Waals surface area contributed by atoms with E-state index in [1.165, 1.54) is 0 Å². The third kappa shape index (κ3) is 2.43. The van der Waals surface area contributed by atoms with E-state index in [9.17, 15) is 0 Å². The third-order valence-corrected chi connectivity index (χ3v) is 3.86. The molecule has 1 aromatic rings. The molecule has 1 aromatic heterocycles. The Labute approximate surface area is 115 Å². The normalized spacial score (nSPS) is 23.4. The molecule has 0 aliphatic carbocycles. The summed E-state index contributed by atoms with van der Waals surface area (Å²) in [6.45, 7) is 1.52. The van der Waals surface area contributed by atoms with E-state index < -0.39 is 0 Å². The van der Waals surface area contributed by atoms with Crippen molar-refractivity contribution >= 4 is 27.6 Å². The van der Waals surface area contributed by atoms with E-state index in [1.54, 1.807) is 20.5 Å². The fourth-order valence-electron chi connectivity index (χ4n) is 2.12. The minimum atomic E-state index is 0.0647. The van der Waals surface area contributed by atoms with Crippen molar-refractivity contribution in [2.75, 3.05) is 44.6 Å². The molecule has 7 heteroatoms. The van der Waals surface area contributed by atoms with Crippen molar-refractivity contribution in [1.29, 1.82) is 0 Å². The Hall–Kier alpha value is -0.920. The van der Waals surface area contributed by atoms with Crippen LogP contribution in [0.25, 0.3) is 0 Å². The van der Waals surface area contributed by atoms with Gasteiger partial charge in [0.15, 0.2) is 0 Å². The zero-order chi connectivity index (χ0) is 13.1. The Balaban J connectivity index is 2.23. The highest BCUT2D eigenvalue weighted by atomic mass is 79.9. The van der Waals surface area contributed by atoms with Gasteiger partial charge in [0.25, 0.3) is 0 Å². The Morgan fingerprint density at radius 3 is 2.39 bits per heavy atom. The van der Waals surface area contributed by atoms with Crippen LogP contribution in [0.2, 0.25) is 0 Å². The number of nitrogens with zero attached hydrogens (tertiary/aromatic N) is 3. The Bertz CT molecular complexity index is 406. The molecule has 0 amide bonds. The van der Waals surface area contributed by atoms with E-state index in [2.05, 4.69) is 36.1 Å². The first-order valence-electron chi connectivity index (χ1n) is 5.70. The van der Waals surface area contributed by atoms with E-state index in [0.717, 1.165) is 29.2 Å². The molecule has 0 radical (unpaired) electrons. The Kier molecular flexibility index (Phi) is 4.36. The highest BCUT2D eigenvalue weighted by molar-refractivity contribution is 9.10. The van der Waals surface area contributed by atoms with Gasteiger partial charge >= 0.3 is 0 Å². The van der Waals surface area contributed by atoms with Crippen molar-refractivity contribution < 1.29 is 9.47 Å². The van der Waals surface area contributed by atoms with Crippen molar-refractivity contribution in [3.05, 3.63) is 10.8 Å². The van der Waals surface area contributed by atoms with Gasteiger partial charge in [-0.3, -0.25) is 0 Å². The molecule has 2 rings (SSSR count). The minimum Gasteiger partial charge on any atom is -0.377 e. The van der Waals surface area contributed by atoms with Crippen molar-refractivity contribution in [2.45, 2.75) is 12.2 Å². The second kappa shape index (κ2) is 5.81. The second-order valence-corrected chi connectivity index (χ2v) is 4.86. The van der Waals surface area contributed by atoms with E-state index in [4.69, 9.17) is 9.47 Å². The molecule has 0 aromatic carbocycles. The van der Waals surface area contributed by atoms with E-state index in [0.29, 0.717) is 0 Å². The van der Waals surface area contributed by atoms with E-state index >= 15 is 0 Å². The molecule has 18 heavy (non-hydrogen) atoms. The lowest BCUT2D eigenvalue weighted by atomic mass is 10.3. The summed E-state index contributed by atoms with van der Waals surface area (Å²) in [7, 11) is 5.24. The van der Waals surface area contributed by atoms with E-state index in [-0.39, 0.29) is 12.2 Å². The lowest BCUT2D eigenvalue weighted by Gasteiger charge is -2.19. The lowest BCUT2D eigenvalue weighted by Crippen LogP contribution is -2.27. The molecular formula is C11H17BrN4O2. The minimum absolute atomic E-state index is 0.0647. The predicted octanol–water partition coefficient (Wildman–Crippen LogP) is 1.13. The predicted molar refractivity (Wildman–Crippen MR) is 73.1 cm³/mol. The number of nitrogens with one attached hydrogen (secondary N) is 1. The summed E-state index contributed by atoms with van der Waals surface area (Å²) in [6, 6.07) is 0. The average molecular weight is 317 g/mol. The molecule has 0 spiro atoms.